The van der Waals surface area contributed by atoms with Crippen molar-refractivity contribution in [2.24, 2.45) is 0 Å². The van der Waals surface area contributed by atoms with E-state index in [0.29, 0.717) is 13.3 Å². The maximum atomic E-state index is 12.6. The van der Waals surface area contributed by atoms with Crippen LogP contribution in [0.25, 0.3) is 0 Å². The first-order valence-corrected chi connectivity index (χ1v) is 6.79. The van der Waals surface area contributed by atoms with Crippen molar-refractivity contribution in [3.8, 4) is 0 Å². The zero-order valence-corrected chi connectivity index (χ0v) is 11.9. The number of rotatable bonds is 3. The van der Waals surface area contributed by atoms with Crippen molar-refractivity contribution in [2.45, 2.75) is 32.7 Å². The Morgan fingerprint density at radius 1 is 1.42 bits per heavy atom. The average molecular weight is 264 g/mol. The predicted molar refractivity (Wildman–Crippen MR) is 74.9 cm³/mol. The lowest BCUT2D eigenvalue weighted by atomic mass is 9.94. The Labute approximate surface area is 114 Å². The smallest absolute Gasteiger partial charge is 0.420 e. The first kappa shape index (κ1) is 14.0. The lowest BCUT2D eigenvalue weighted by Gasteiger charge is -2.41. The van der Waals surface area contributed by atoms with Gasteiger partial charge in [0.15, 0.2) is 6.73 Å². The molecule has 0 spiro atoms. The Hall–Kier alpha value is -1.39. The molecule has 0 bridgehead atoms. The molecule has 2 atom stereocenters. The molecule has 2 rings (SSSR count). The number of ether oxygens (including phenoxy) is 2. The van der Waals surface area contributed by atoms with Gasteiger partial charge in [-0.1, -0.05) is 18.2 Å². The molecule has 0 radical (unpaired) electrons. The molecule has 1 aromatic rings. The average Bonchev–Trinajstić information content (AvgIpc) is 2.42. The molecule has 0 aromatic heterocycles. The molecule has 0 N–H and O–H groups in total. The first-order valence-electron chi connectivity index (χ1n) is 6.79. The van der Waals surface area contributed by atoms with E-state index in [0.717, 1.165) is 18.5 Å². The van der Waals surface area contributed by atoms with Gasteiger partial charge >= 0.3 is 6.09 Å². The van der Waals surface area contributed by atoms with Crippen molar-refractivity contribution in [1.29, 1.82) is 0 Å². The SMILES string of the molecule is CCOC(=O)[N+]1(COC)c2ccccc2CCC1C. The fourth-order valence-corrected chi connectivity index (χ4v) is 2.90. The van der Waals surface area contributed by atoms with Gasteiger partial charge in [-0.15, -0.1) is 0 Å². The number of amides is 1. The van der Waals surface area contributed by atoms with Crippen molar-refractivity contribution >= 4 is 11.8 Å². The van der Waals surface area contributed by atoms with Gasteiger partial charge < -0.3 is 9.47 Å². The molecular weight excluding hydrogens is 242 g/mol. The Balaban J connectivity index is 2.54. The van der Waals surface area contributed by atoms with Gasteiger partial charge in [-0.3, -0.25) is 0 Å². The molecule has 1 aromatic carbocycles. The topological polar surface area (TPSA) is 35.5 Å². The number of quaternary nitrogens is 1. The first-order chi connectivity index (χ1) is 9.16. The van der Waals surface area contributed by atoms with Crippen LogP contribution in [0.2, 0.25) is 0 Å². The number of aryl methyl sites for hydroxylation is 1. The summed E-state index contributed by atoms with van der Waals surface area (Å²) in [6.07, 6.45) is 1.74. The molecule has 1 aliphatic rings. The van der Waals surface area contributed by atoms with Crippen LogP contribution in [0.15, 0.2) is 24.3 Å². The summed E-state index contributed by atoms with van der Waals surface area (Å²) in [6, 6.07) is 8.25. The van der Waals surface area contributed by atoms with Crippen LogP contribution in [0.4, 0.5) is 10.5 Å². The monoisotopic (exact) mass is 264 g/mol. The van der Waals surface area contributed by atoms with Gasteiger partial charge in [-0.05, 0) is 20.3 Å². The van der Waals surface area contributed by atoms with Gasteiger partial charge in [-0.25, -0.2) is 0 Å². The summed E-state index contributed by atoms with van der Waals surface area (Å²) in [5, 5.41) is 0. The van der Waals surface area contributed by atoms with Crippen LogP contribution in [-0.2, 0) is 15.9 Å². The van der Waals surface area contributed by atoms with Crippen LogP contribution in [0.5, 0.6) is 0 Å². The van der Waals surface area contributed by atoms with Crippen molar-refractivity contribution < 1.29 is 14.3 Å². The van der Waals surface area contributed by atoms with Gasteiger partial charge in [0, 0.05) is 25.2 Å². The third-order valence-corrected chi connectivity index (χ3v) is 3.93. The number of carbonyl (C=O) groups is 1. The highest BCUT2D eigenvalue weighted by Crippen LogP contribution is 2.38. The molecule has 0 saturated heterocycles. The molecule has 19 heavy (non-hydrogen) atoms. The number of benzene rings is 1. The highest BCUT2D eigenvalue weighted by Gasteiger charge is 2.49. The normalized spacial score (nSPS) is 25.7. The second-order valence-corrected chi connectivity index (χ2v) is 5.00. The summed E-state index contributed by atoms with van der Waals surface area (Å²) in [4.78, 5) is 12.6. The Morgan fingerprint density at radius 3 is 2.84 bits per heavy atom. The number of para-hydroxylation sites is 1. The van der Waals surface area contributed by atoms with E-state index < -0.39 is 0 Å². The molecular formula is C15H22NO3+. The summed E-state index contributed by atoms with van der Waals surface area (Å²) in [6.45, 7) is 4.63. The fraction of sp³-hybridized carbons (Fsp3) is 0.533. The quantitative estimate of drug-likeness (QED) is 0.787. The lowest BCUT2D eigenvalue weighted by molar-refractivity contribution is 0.0237. The van der Waals surface area contributed by atoms with Crippen LogP contribution in [0.1, 0.15) is 25.8 Å². The number of fused-ring (bicyclic) bond motifs is 1. The standard InChI is InChI=1S/C15H22NO3/c1-4-19-15(17)16(11-18-3)12(2)9-10-13-7-5-6-8-14(13)16/h5-8,12H,4,9-11H2,1-3H3/q+1. The highest BCUT2D eigenvalue weighted by atomic mass is 16.6. The molecule has 1 heterocycles. The molecule has 1 amide bonds. The van der Waals surface area contributed by atoms with Gasteiger partial charge in [0.05, 0.1) is 6.61 Å². The summed E-state index contributed by atoms with van der Waals surface area (Å²) in [5.74, 6) is 0. The van der Waals surface area contributed by atoms with Crippen LogP contribution in [-0.4, -0.2) is 32.6 Å². The minimum atomic E-state index is -0.219. The summed E-state index contributed by atoms with van der Waals surface area (Å²) >= 11 is 0. The van der Waals surface area contributed by atoms with Gasteiger partial charge in [0.1, 0.15) is 11.7 Å². The molecule has 2 unspecified atom stereocenters. The highest BCUT2D eigenvalue weighted by molar-refractivity contribution is 5.84. The molecule has 0 saturated carbocycles. The second kappa shape index (κ2) is 5.72. The predicted octanol–water partition coefficient (Wildman–Crippen LogP) is 3.09. The molecule has 104 valence electrons. The molecule has 4 heteroatoms. The fourth-order valence-electron chi connectivity index (χ4n) is 2.90. The third-order valence-electron chi connectivity index (χ3n) is 3.93. The second-order valence-electron chi connectivity index (χ2n) is 5.00. The van der Waals surface area contributed by atoms with E-state index in [1.807, 2.05) is 25.1 Å². The maximum absolute atomic E-state index is 12.6. The van der Waals surface area contributed by atoms with E-state index in [1.165, 1.54) is 5.56 Å². The van der Waals surface area contributed by atoms with E-state index in [9.17, 15) is 4.79 Å². The Kier molecular flexibility index (Phi) is 4.22. The van der Waals surface area contributed by atoms with Crippen molar-refractivity contribution in [2.75, 3.05) is 20.4 Å². The molecule has 0 aliphatic carbocycles. The molecule has 4 nitrogen and oxygen atoms in total. The molecule has 0 fully saturated rings. The van der Waals surface area contributed by atoms with E-state index in [4.69, 9.17) is 9.47 Å². The maximum Gasteiger partial charge on any atom is 0.523 e. The van der Waals surface area contributed by atoms with Gasteiger partial charge in [0.2, 0.25) is 0 Å². The van der Waals surface area contributed by atoms with Crippen LogP contribution in [0, 0.1) is 0 Å². The Morgan fingerprint density at radius 2 is 2.16 bits per heavy atom. The minimum Gasteiger partial charge on any atom is -0.420 e. The largest absolute Gasteiger partial charge is 0.523 e. The number of methoxy groups -OCH3 is 1. The van der Waals surface area contributed by atoms with Crippen LogP contribution in [0.3, 0.4) is 0 Å². The zero-order chi connectivity index (χ0) is 13.9. The summed E-state index contributed by atoms with van der Waals surface area (Å²) in [7, 11) is 1.63. The summed E-state index contributed by atoms with van der Waals surface area (Å²) in [5.41, 5.74) is 2.23. The third kappa shape index (κ3) is 2.26. The van der Waals surface area contributed by atoms with Crippen molar-refractivity contribution in [1.82, 2.24) is 4.48 Å². The Bertz CT molecular complexity index is 460. The molecule has 1 aliphatic heterocycles. The minimum absolute atomic E-state index is 0.139. The van der Waals surface area contributed by atoms with Crippen LogP contribution < -0.4 is 4.48 Å². The lowest BCUT2D eigenvalue weighted by Crippen LogP contribution is -2.63. The zero-order valence-electron chi connectivity index (χ0n) is 11.9. The van der Waals surface area contributed by atoms with Gasteiger partial charge in [-0.2, -0.15) is 9.28 Å². The van der Waals surface area contributed by atoms with Crippen molar-refractivity contribution in [3.05, 3.63) is 29.8 Å². The summed E-state index contributed by atoms with van der Waals surface area (Å²) < 4.78 is 10.8. The van der Waals surface area contributed by atoms with E-state index in [-0.39, 0.29) is 16.6 Å². The van der Waals surface area contributed by atoms with Gasteiger partial charge in [0.25, 0.3) is 0 Å². The van der Waals surface area contributed by atoms with Crippen molar-refractivity contribution in [3.63, 3.8) is 0 Å². The number of carbonyl (C=O) groups excluding carboxylic acids is 1. The van der Waals surface area contributed by atoms with E-state index in [2.05, 4.69) is 13.0 Å². The number of hydrogen-bond donors (Lipinski definition) is 0. The van der Waals surface area contributed by atoms with E-state index in [1.54, 1.807) is 7.11 Å². The van der Waals surface area contributed by atoms with E-state index >= 15 is 0 Å². The van der Waals surface area contributed by atoms with Crippen LogP contribution >= 0.6 is 0 Å². The number of hydrogen-bond acceptors (Lipinski definition) is 3. The number of nitrogens with zero attached hydrogens (tertiary/aromatic N) is 1.